The molecular weight excluding hydrogens is 358 g/mol. The van der Waals surface area contributed by atoms with Crippen LogP contribution < -0.4 is 10.6 Å². The van der Waals surface area contributed by atoms with Gasteiger partial charge in [-0.25, -0.2) is 0 Å². The average molecular weight is 374 g/mol. The van der Waals surface area contributed by atoms with Crippen LogP contribution in [0, 0.1) is 20.8 Å². The highest BCUT2D eigenvalue weighted by Crippen LogP contribution is 2.27. The lowest BCUT2D eigenvalue weighted by atomic mass is 10.1. The minimum Gasteiger partial charge on any atom is -0.318 e. The van der Waals surface area contributed by atoms with Crippen molar-refractivity contribution in [2.45, 2.75) is 20.8 Å². The van der Waals surface area contributed by atoms with E-state index in [4.69, 9.17) is 23.8 Å². The maximum atomic E-state index is 12.0. The van der Waals surface area contributed by atoms with Gasteiger partial charge in [-0.15, -0.1) is 0 Å². The number of thiocarbonyl (C=S) groups is 1. The highest BCUT2D eigenvalue weighted by molar-refractivity contribution is 7.80. The molecule has 1 aliphatic rings. The summed E-state index contributed by atoms with van der Waals surface area (Å²) in [5.74, 6) is -1.00. The van der Waals surface area contributed by atoms with Crippen molar-refractivity contribution in [2.24, 2.45) is 0 Å². The molecule has 0 spiro atoms. The van der Waals surface area contributed by atoms with E-state index in [1.807, 2.05) is 45.0 Å². The first kappa shape index (κ1) is 17.4. The number of hydrogen-bond donors (Lipinski definition) is 2. The summed E-state index contributed by atoms with van der Waals surface area (Å²) in [7, 11) is 0. The molecule has 0 radical (unpaired) electrons. The Morgan fingerprint density at radius 1 is 1.08 bits per heavy atom. The highest BCUT2D eigenvalue weighted by atomic mass is 35.5. The van der Waals surface area contributed by atoms with Crippen LogP contribution in [0.3, 0.4) is 0 Å². The SMILES string of the molecule is Cc1ccc(Cl)cc1-n1c(C)cc(C=C2C(=O)NC(=S)NC2=O)c1C. The smallest absolute Gasteiger partial charge is 0.263 e. The molecule has 2 amide bonds. The molecule has 25 heavy (non-hydrogen) atoms. The first-order valence-corrected chi connectivity index (χ1v) is 8.40. The first-order valence-electron chi connectivity index (χ1n) is 7.61. The summed E-state index contributed by atoms with van der Waals surface area (Å²) in [6.45, 7) is 5.90. The van der Waals surface area contributed by atoms with Crippen LogP contribution in [-0.2, 0) is 9.59 Å². The summed E-state index contributed by atoms with van der Waals surface area (Å²) in [4.78, 5) is 24.1. The van der Waals surface area contributed by atoms with Crippen LogP contribution in [-0.4, -0.2) is 21.5 Å². The fourth-order valence-electron chi connectivity index (χ4n) is 2.89. The molecule has 1 aromatic heterocycles. The number of carbonyl (C=O) groups excluding carboxylic acids is 2. The Labute approximate surface area is 155 Å². The molecule has 0 saturated carbocycles. The maximum Gasteiger partial charge on any atom is 0.263 e. The van der Waals surface area contributed by atoms with Gasteiger partial charge in [-0.2, -0.15) is 0 Å². The van der Waals surface area contributed by atoms with Gasteiger partial charge in [0.2, 0.25) is 0 Å². The Balaban J connectivity index is 2.11. The lowest BCUT2D eigenvalue weighted by Crippen LogP contribution is -2.51. The Morgan fingerprint density at radius 2 is 1.72 bits per heavy atom. The van der Waals surface area contributed by atoms with E-state index in [0.29, 0.717) is 5.02 Å². The molecule has 2 N–H and O–H groups in total. The predicted molar refractivity (Wildman–Crippen MR) is 102 cm³/mol. The molecule has 5 nitrogen and oxygen atoms in total. The second kappa shape index (κ2) is 6.46. The third-order valence-corrected chi connectivity index (χ3v) is 4.56. The number of halogens is 1. The van der Waals surface area contributed by atoms with E-state index in [0.717, 1.165) is 28.2 Å². The molecule has 2 aromatic rings. The summed E-state index contributed by atoms with van der Waals surface area (Å²) in [5, 5.41) is 5.54. The van der Waals surface area contributed by atoms with Crippen LogP contribution in [0.1, 0.15) is 22.5 Å². The normalized spacial score (nSPS) is 14.4. The summed E-state index contributed by atoms with van der Waals surface area (Å²) in [6.07, 6.45) is 1.57. The second-order valence-corrected chi connectivity index (χ2v) is 6.73. The van der Waals surface area contributed by atoms with Crippen molar-refractivity contribution < 1.29 is 9.59 Å². The largest absolute Gasteiger partial charge is 0.318 e. The first-order chi connectivity index (χ1) is 11.8. The van der Waals surface area contributed by atoms with Crippen LogP contribution in [0.4, 0.5) is 0 Å². The Hall–Kier alpha value is -2.44. The molecule has 1 fully saturated rings. The number of aryl methyl sites for hydroxylation is 2. The van der Waals surface area contributed by atoms with Gasteiger partial charge in [0, 0.05) is 22.1 Å². The fraction of sp³-hybridized carbons (Fsp3) is 0.167. The lowest BCUT2D eigenvalue weighted by molar-refractivity contribution is -0.123. The van der Waals surface area contributed by atoms with Crippen molar-refractivity contribution in [3.63, 3.8) is 0 Å². The molecule has 128 valence electrons. The number of nitrogens with one attached hydrogen (secondary N) is 2. The molecule has 0 atom stereocenters. The molecule has 0 unspecified atom stereocenters. The van der Waals surface area contributed by atoms with Crippen LogP contribution in [0.5, 0.6) is 0 Å². The van der Waals surface area contributed by atoms with E-state index in [2.05, 4.69) is 15.2 Å². The lowest BCUT2D eigenvalue weighted by Gasteiger charge is -2.16. The molecule has 3 rings (SSSR count). The summed E-state index contributed by atoms with van der Waals surface area (Å²) in [5.41, 5.74) is 4.72. The zero-order valence-corrected chi connectivity index (χ0v) is 15.5. The van der Waals surface area contributed by atoms with Gasteiger partial charge in [0.15, 0.2) is 5.11 Å². The monoisotopic (exact) mass is 373 g/mol. The van der Waals surface area contributed by atoms with E-state index >= 15 is 0 Å². The van der Waals surface area contributed by atoms with Gasteiger partial charge >= 0.3 is 0 Å². The van der Waals surface area contributed by atoms with Crippen molar-refractivity contribution in [3.8, 4) is 5.69 Å². The van der Waals surface area contributed by atoms with Gasteiger partial charge in [-0.1, -0.05) is 17.7 Å². The Morgan fingerprint density at radius 3 is 2.36 bits per heavy atom. The van der Waals surface area contributed by atoms with E-state index in [1.54, 1.807) is 6.08 Å². The molecule has 7 heteroatoms. The number of nitrogens with zero attached hydrogens (tertiary/aromatic N) is 1. The number of aromatic nitrogens is 1. The molecule has 2 heterocycles. The standard InChI is InChI=1S/C18H16ClN3O2S/c1-9-4-5-13(19)8-15(9)22-10(2)6-12(11(22)3)7-14-16(23)20-18(25)21-17(14)24/h4-8H,1-3H3,(H2,20,21,23,24,25). The zero-order valence-electron chi connectivity index (χ0n) is 13.9. The second-order valence-electron chi connectivity index (χ2n) is 5.89. The van der Waals surface area contributed by atoms with Gasteiger partial charge in [0.05, 0.1) is 0 Å². The predicted octanol–water partition coefficient (Wildman–Crippen LogP) is 2.97. The average Bonchev–Trinajstić information content (AvgIpc) is 2.80. The number of hydrogen-bond acceptors (Lipinski definition) is 3. The van der Waals surface area contributed by atoms with Gasteiger partial charge < -0.3 is 4.57 Å². The van der Waals surface area contributed by atoms with Crippen LogP contribution in [0.2, 0.25) is 5.02 Å². The van der Waals surface area contributed by atoms with Crippen molar-refractivity contribution in [2.75, 3.05) is 0 Å². The highest BCUT2D eigenvalue weighted by Gasteiger charge is 2.26. The minimum atomic E-state index is -0.502. The maximum absolute atomic E-state index is 12.0. The van der Waals surface area contributed by atoms with Gasteiger partial charge in [-0.05, 0) is 68.4 Å². The van der Waals surface area contributed by atoms with Crippen LogP contribution in [0.25, 0.3) is 11.8 Å². The van der Waals surface area contributed by atoms with Crippen molar-refractivity contribution in [1.29, 1.82) is 0 Å². The number of benzene rings is 1. The minimum absolute atomic E-state index is 0.0205. The number of carbonyl (C=O) groups is 2. The third kappa shape index (κ3) is 3.23. The zero-order chi connectivity index (χ0) is 18.3. The fourth-order valence-corrected chi connectivity index (χ4v) is 3.24. The van der Waals surface area contributed by atoms with E-state index < -0.39 is 11.8 Å². The van der Waals surface area contributed by atoms with Gasteiger partial charge in [0.25, 0.3) is 11.8 Å². The van der Waals surface area contributed by atoms with Gasteiger partial charge in [0.1, 0.15) is 5.57 Å². The molecule has 1 saturated heterocycles. The summed E-state index contributed by atoms with van der Waals surface area (Å²) >= 11 is 11.0. The van der Waals surface area contributed by atoms with E-state index in [-0.39, 0.29) is 10.7 Å². The van der Waals surface area contributed by atoms with Gasteiger partial charge in [-0.3, -0.25) is 20.2 Å². The van der Waals surface area contributed by atoms with Crippen molar-refractivity contribution in [3.05, 3.63) is 57.4 Å². The third-order valence-electron chi connectivity index (χ3n) is 4.13. The molecule has 0 aliphatic carbocycles. The quantitative estimate of drug-likeness (QED) is 0.483. The number of amides is 2. The van der Waals surface area contributed by atoms with Crippen molar-refractivity contribution >= 4 is 46.8 Å². The Kier molecular flexibility index (Phi) is 4.49. The van der Waals surface area contributed by atoms with Crippen molar-refractivity contribution in [1.82, 2.24) is 15.2 Å². The summed E-state index contributed by atoms with van der Waals surface area (Å²) < 4.78 is 2.05. The molecule has 1 aromatic carbocycles. The summed E-state index contributed by atoms with van der Waals surface area (Å²) in [6, 6.07) is 7.62. The van der Waals surface area contributed by atoms with Crippen LogP contribution in [0.15, 0.2) is 29.8 Å². The van der Waals surface area contributed by atoms with Crippen LogP contribution >= 0.6 is 23.8 Å². The number of rotatable bonds is 2. The molecule has 1 aliphatic heterocycles. The topological polar surface area (TPSA) is 63.1 Å². The van der Waals surface area contributed by atoms with E-state index in [1.165, 1.54) is 0 Å². The molecular formula is C18H16ClN3O2S. The molecule has 0 bridgehead atoms. The van der Waals surface area contributed by atoms with E-state index in [9.17, 15) is 9.59 Å². The Bertz CT molecular complexity index is 937.